The van der Waals surface area contributed by atoms with Crippen LogP contribution in [0.5, 0.6) is 5.88 Å². The molecule has 0 atom stereocenters. The van der Waals surface area contributed by atoms with Crippen molar-refractivity contribution >= 4 is 24.4 Å². The Bertz CT molecular complexity index is 744. The van der Waals surface area contributed by atoms with E-state index in [1.807, 2.05) is 30.3 Å². The van der Waals surface area contributed by atoms with E-state index in [1.54, 1.807) is 22.9 Å². The van der Waals surface area contributed by atoms with E-state index < -0.39 is 0 Å². The molecule has 0 fully saturated rings. The summed E-state index contributed by atoms with van der Waals surface area (Å²) in [4.78, 5) is 16.4. The minimum absolute atomic E-state index is 0.00998. The van der Waals surface area contributed by atoms with Gasteiger partial charge in [-0.3, -0.25) is 0 Å². The summed E-state index contributed by atoms with van der Waals surface area (Å²) in [5.74, 6) is 0.551. The Balaban J connectivity index is 2.18. The number of pyridine rings is 1. The van der Waals surface area contributed by atoms with E-state index in [0.29, 0.717) is 5.88 Å². The molecule has 3 aromatic rings. The zero-order valence-corrected chi connectivity index (χ0v) is 11.4. The molecule has 0 unspecified atom stereocenters. The van der Waals surface area contributed by atoms with Crippen LogP contribution in [0.1, 0.15) is 0 Å². The van der Waals surface area contributed by atoms with Gasteiger partial charge in [0.25, 0.3) is 0 Å². The molecule has 0 amide bonds. The second-order valence-corrected chi connectivity index (χ2v) is 5.82. The molecule has 0 aliphatic heterocycles. The number of hydrogen-bond acceptors (Lipinski definition) is 3. The Hall–Kier alpha value is -1.84. The molecule has 0 radical (unpaired) electrons. The topological polar surface area (TPSA) is 44.1 Å². The van der Waals surface area contributed by atoms with Crippen LogP contribution in [0.25, 0.3) is 15.3 Å². The number of hydrogen-bond donors (Lipinski definition) is 0. The van der Waals surface area contributed by atoms with E-state index in [4.69, 9.17) is 4.74 Å². The molecular formula is C13H10N2O2Se. The molecule has 0 aliphatic carbocycles. The van der Waals surface area contributed by atoms with Crippen LogP contribution in [0.15, 0.2) is 47.4 Å². The van der Waals surface area contributed by atoms with E-state index in [2.05, 4.69) is 4.98 Å². The molecule has 2 aromatic heterocycles. The van der Waals surface area contributed by atoms with E-state index >= 15 is 0 Å². The van der Waals surface area contributed by atoms with Crippen molar-refractivity contribution in [2.24, 2.45) is 0 Å². The molecule has 1 aromatic carbocycles. The molecule has 3 rings (SSSR count). The van der Waals surface area contributed by atoms with Gasteiger partial charge >= 0.3 is 109 Å². The van der Waals surface area contributed by atoms with Crippen LogP contribution in [-0.4, -0.2) is 30.4 Å². The third-order valence-corrected chi connectivity index (χ3v) is 4.99. The molecule has 4 nitrogen and oxygen atoms in total. The Morgan fingerprint density at radius 3 is 2.72 bits per heavy atom. The molecule has 5 heteroatoms. The summed E-state index contributed by atoms with van der Waals surface area (Å²) in [6, 6.07) is 11.4. The third-order valence-electron chi connectivity index (χ3n) is 2.66. The van der Waals surface area contributed by atoms with Crippen molar-refractivity contribution in [1.82, 2.24) is 8.55 Å². The number of aromatic nitrogens is 2. The average molecular weight is 305 g/mol. The Labute approximate surface area is 109 Å². The molecule has 0 spiro atoms. The fourth-order valence-corrected chi connectivity index (χ4v) is 3.82. The summed E-state index contributed by atoms with van der Waals surface area (Å²) in [5.41, 5.74) is 0.870. The second-order valence-electron chi connectivity index (χ2n) is 3.75. The van der Waals surface area contributed by atoms with E-state index in [0.717, 1.165) is 15.3 Å². The van der Waals surface area contributed by atoms with Gasteiger partial charge in [0.1, 0.15) is 0 Å². The predicted octanol–water partition coefficient (Wildman–Crippen LogP) is 1.45. The standard InChI is InChI=1S/C13H10N2O2Se/c1-17-12-7-6-9(8-14-12)15-13(16)10-4-2-3-5-11(10)18-15/h2-8H,1H3. The van der Waals surface area contributed by atoms with Gasteiger partial charge < -0.3 is 0 Å². The van der Waals surface area contributed by atoms with Crippen LogP contribution in [-0.2, 0) is 0 Å². The molecule has 2 heterocycles. The van der Waals surface area contributed by atoms with Crippen molar-refractivity contribution in [2.45, 2.75) is 0 Å². The zero-order valence-electron chi connectivity index (χ0n) is 9.66. The van der Waals surface area contributed by atoms with Gasteiger partial charge in [0.05, 0.1) is 0 Å². The Morgan fingerprint density at radius 2 is 2.06 bits per heavy atom. The van der Waals surface area contributed by atoms with Gasteiger partial charge in [-0.25, -0.2) is 0 Å². The molecule has 18 heavy (non-hydrogen) atoms. The number of nitrogens with zero attached hydrogens (tertiary/aromatic N) is 2. The van der Waals surface area contributed by atoms with Crippen molar-refractivity contribution < 1.29 is 4.74 Å². The summed E-state index contributed by atoms with van der Waals surface area (Å²) in [6.45, 7) is 0. The number of methoxy groups -OCH3 is 1. The van der Waals surface area contributed by atoms with Gasteiger partial charge in [-0.2, -0.15) is 0 Å². The first-order valence-electron chi connectivity index (χ1n) is 5.41. The number of benzene rings is 1. The molecule has 0 saturated heterocycles. The molecule has 90 valence electrons. The Kier molecular flexibility index (Phi) is 2.78. The Morgan fingerprint density at radius 1 is 1.22 bits per heavy atom. The maximum atomic E-state index is 12.2. The molecular weight excluding hydrogens is 295 g/mol. The first kappa shape index (κ1) is 11.3. The van der Waals surface area contributed by atoms with E-state index in [9.17, 15) is 4.79 Å². The van der Waals surface area contributed by atoms with Gasteiger partial charge in [-0.1, -0.05) is 0 Å². The van der Waals surface area contributed by atoms with E-state index in [1.165, 1.54) is 0 Å². The number of fused-ring (bicyclic) bond motifs is 1. The van der Waals surface area contributed by atoms with Crippen LogP contribution in [0.4, 0.5) is 0 Å². The molecule has 0 N–H and O–H groups in total. The summed E-state index contributed by atoms with van der Waals surface area (Å²) in [6.07, 6.45) is 1.67. The second kappa shape index (κ2) is 4.44. The molecule has 0 saturated carbocycles. The quantitative estimate of drug-likeness (QED) is 0.673. The predicted molar refractivity (Wildman–Crippen MR) is 70.8 cm³/mol. The zero-order chi connectivity index (χ0) is 12.5. The van der Waals surface area contributed by atoms with Crippen molar-refractivity contribution in [1.29, 1.82) is 0 Å². The van der Waals surface area contributed by atoms with Crippen molar-refractivity contribution in [3.05, 3.63) is 52.9 Å². The van der Waals surface area contributed by atoms with Crippen LogP contribution in [0.3, 0.4) is 0 Å². The van der Waals surface area contributed by atoms with Crippen LogP contribution >= 0.6 is 0 Å². The molecule has 0 aliphatic rings. The molecule has 0 bridgehead atoms. The monoisotopic (exact) mass is 306 g/mol. The number of ether oxygens (including phenoxy) is 1. The average Bonchev–Trinajstić information content (AvgIpc) is 2.77. The first-order valence-corrected chi connectivity index (χ1v) is 7.03. The summed E-state index contributed by atoms with van der Waals surface area (Å²) in [7, 11) is 1.57. The SMILES string of the molecule is COc1ccc(-n2[se]c3ccccc3c2=O)cn1. The van der Waals surface area contributed by atoms with Gasteiger partial charge in [-0.05, 0) is 0 Å². The van der Waals surface area contributed by atoms with Crippen LogP contribution in [0.2, 0.25) is 0 Å². The van der Waals surface area contributed by atoms with E-state index in [-0.39, 0.29) is 20.3 Å². The van der Waals surface area contributed by atoms with Crippen molar-refractivity contribution in [2.75, 3.05) is 7.11 Å². The fourth-order valence-electron chi connectivity index (χ4n) is 1.76. The summed E-state index contributed by atoms with van der Waals surface area (Å²) >= 11 is -0.00998. The van der Waals surface area contributed by atoms with Crippen LogP contribution < -0.4 is 10.3 Å². The third kappa shape index (κ3) is 1.78. The van der Waals surface area contributed by atoms with Gasteiger partial charge in [0.15, 0.2) is 0 Å². The fraction of sp³-hybridized carbons (Fsp3) is 0.0769. The van der Waals surface area contributed by atoms with Crippen LogP contribution in [0, 0.1) is 0 Å². The minimum atomic E-state index is -0.00998. The maximum absolute atomic E-state index is 12.2. The van der Waals surface area contributed by atoms with Gasteiger partial charge in [-0.15, -0.1) is 0 Å². The summed E-state index contributed by atoms with van der Waals surface area (Å²) < 4.78 is 7.91. The normalized spacial score (nSPS) is 10.7. The van der Waals surface area contributed by atoms with Crippen molar-refractivity contribution in [3.63, 3.8) is 0 Å². The summed E-state index contributed by atoms with van der Waals surface area (Å²) in [5, 5.41) is 0.799. The van der Waals surface area contributed by atoms with Gasteiger partial charge in [0, 0.05) is 0 Å². The van der Waals surface area contributed by atoms with Gasteiger partial charge in [0.2, 0.25) is 0 Å². The van der Waals surface area contributed by atoms with Crippen molar-refractivity contribution in [3.8, 4) is 11.6 Å². The number of rotatable bonds is 2. The first-order chi connectivity index (χ1) is 8.79.